The molecule has 1 unspecified atom stereocenters. The first-order chi connectivity index (χ1) is 8.82. The number of aryl methyl sites for hydroxylation is 1. The van der Waals surface area contributed by atoms with E-state index in [0.717, 1.165) is 0 Å². The van der Waals surface area contributed by atoms with Crippen LogP contribution in [-0.2, 0) is 11.3 Å². The van der Waals surface area contributed by atoms with Gasteiger partial charge in [-0.15, -0.1) is 0 Å². The third-order valence-electron chi connectivity index (χ3n) is 2.59. The summed E-state index contributed by atoms with van der Waals surface area (Å²) in [5.74, 6) is -0.519. The summed E-state index contributed by atoms with van der Waals surface area (Å²) in [6.45, 7) is 3.33. The average molecular weight is 271 g/mol. The lowest BCUT2D eigenvalue weighted by Gasteiger charge is -2.11. The molecule has 0 spiro atoms. The van der Waals surface area contributed by atoms with Gasteiger partial charge in [-0.2, -0.15) is 5.10 Å². The maximum atomic E-state index is 10.8. The van der Waals surface area contributed by atoms with Gasteiger partial charge in [-0.1, -0.05) is 0 Å². The number of primary amides is 1. The molecule has 0 fully saturated rings. The summed E-state index contributed by atoms with van der Waals surface area (Å²) in [5, 5.41) is 27.2. The maximum Gasteiger partial charge on any atom is 0.312 e. The van der Waals surface area contributed by atoms with Crippen LogP contribution in [0.15, 0.2) is 0 Å². The minimum absolute atomic E-state index is 0.0334. The second kappa shape index (κ2) is 6.25. The highest BCUT2D eigenvalue weighted by molar-refractivity contribution is 5.75. The van der Waals surface area contributed by atoms with E-state index in [-0.39, 0.29) is 25.3 Å². The van der Waals surface area contributed by atoms with Crippen LogP contribution >= 0.6 is 0 Å². The van der Waals surface area contributed by atoms with Crippen molar-refractivity contribution in [3.05, 3.63) is 21.5 Å². The normalized spacial score (nSPS) is 12.4. The van der Waals surface area contributed by atoms with Crippen LogP contribution in [0.1, 0.15) is 11.4 Å². The topological polar surface area (TPSA) is 136 Å². The molecular weight excluding hydrogens is 254 g/mol. The molecule has 1 aromatic heterocycles. The molecule has 1 rings (SSSR count). The molecule has 9 nitrogen and oxygen atoms in total. The molecule has 1 heterocycles. The first-order valence-electron chi connectivity index (χ1n) is 5.68. The zero-order valence-electron chi connectivity index (χ0n) is 10.8. The van der Waals surface area contributed by atoms with Gasteiger partial charge in [0.1, 0.15) is 11.4 Å². The van der Waals surface area contributed by atoms with E-state index in [9.17, 15) is 20.0 Å². The number of hydrogen-bond donors (Lipinski definition) is 3. The summed E-state index contributed by atoms with van der Waals surface area (Å²) in [6, 6.07) is 0. The zero-order chi connectivity index (χ0) is 14.6. The number of nitrogens with two attached hydrogens (primary N) is 1. The minimum atomic E-state index is -0.822. The van der Waals surface area contributed by atoms with Crippen molar-refractivity contribution >= 4 is 11.6 Å². The smallest absolute Gasteiger partial charge is 0.312 e. The molecule has 0 aliphatic carbocycles. The number of nitrogens with zero attached hydrogens (tertiary/aromatic N) is 3. The molecular formula is C10H17N5O4. The summed E-state index contributed by atoms with van der Waals surface area (Å²) in [5.41, 5.74) is 5.58. The summed E-state index contributed by atoms with van der Waals surface area (Å²) in [4.78, 5) is 20.8. The molecule has 1 aromatic rings. The molecule has 0 saturated heterocycles. The highest BCUT2D eigenvalue weighted by Crippen LogP contribution is 2.21. The zero-order valence-corrected chi connectivity index (χ0v) is 10.8. The van der Waals surface area contributed by atoms with E-state index < -0.39 is 16.9 Å². The number of nitro groups is 1. The average Bonchev–Trinajstić information content (AvgIpc) is 2.53. The van der Waals surface area contributed by atoms with Crippen LogP contribution in [0.3, 0.4) is 0 Å². The van der Waals surface area contributed by atoms with Crippen LogP contribution in [0.25, 0.3) is 0 Å². The minimum Gasteiger partial charge on any atom is -0.390 e. The van der Waals surface area contributed by atoms with Gasteiger partial charge in [0.05, 0.1) is 24.1 Å². The van der Waals surface area contributed by atoms with Crippen LogP contribution < -0.4 is 11.1 Å². The van der Waals surface area contributed by atoms with Crippen LogP contribution in [0.2, 0.25) is 0 Å². The fraction of sp³-hybridized carbons (Fsp3) is 0.600. The van der Waals surface area contributed by atoms with Gasteiger partial charge >= 0.3 is 5.69 Å². The maximum absolute atomic E-state index is 10.8. The van der Waals surface area contributed by atoms with Crippen LogP contribution in [-0.4, -0.2) is 44.9 Å². The fourth-order valence-electron chi connectivity index (χ4n) is 1.76. The Morgan fingerprint density at radius 3 is 2.74 bits per heavy atom. The molecule has 106 valence electrons. The van der Waals surface area contributed by atoms with Gasteiger partial charge in [0, 0.05) is 6.54 Å². The van der Waals surface area contributed by atoms with Gasteiger partial charge in [-0.05, 0) is 13.8 Å². The summed E-state index contributed by atoms with van der Waals surface area (Å²) in [6.07, 6.45) is -0.822. The summed E-state index contributed by atoms with van der Waals surface area (Å²) >= 11 is 0. The number of aliphatic hydroxyl groups is 1. The Hall–Kier alpha value is -2.00. The van der Waals surface area contributed by atoms with Crippen molar-refractivity contribution in [3.8, 4) is 0 Å². The van der Waals surface area contributed by atoms with Gasteiger partial charge in [0.2, 0.25) is 5.91 Å². The number of aromatic nitrogens is 2. The van der Waals surface area contributed by atoms with Gasteiger partial charge in [-0.25, -0.2) is 0 Å². The Balaban J connectivity index is 2.64. The molecule has 0 aliphatic rings. The van der Waals surface area contributed by atoms with Gasteiger partial charge in [-0.3, -0.25) is 19.6 Å². The standard InChI is InChI=1S/C10H17N5O4/c1-6-10(15(18)19)7(2)14(13-6)5-8(16)3-12-4-9(11)17/h8,12,16H,3-5H2,1-2H3,(H2,11,17). The first kappa shape index (κ1) is 15.1. The molecule has 0 radical (unpaired) electrons. The Morgan fingerprint density at radius 2 is 2.26 bits per heavy atom. The molecule has 0 bridgehead atoms. The van der Waals surface area contributed by atoms with Crippen LogP contribution in [0, 0.1) is 24.0 Å². The third-order valence-corrected chi connectivity index (χ3v) is 2.59. The highest BCUT2D eigenvalue weighted by Gasteiger charge is 2.22. The van der Waals surface area contributed by atoms with Crippen molar-refractivity contribution in [3.63, 3.8) is 0 Å². The van der Waals surface area contributed by atoms with E-state index in [1.165, 1.54) is 4.68 Å². The number of hydrogen-bond acceptors (Lipinski definition) is 6. The Bertz CT molecular complexity index is 485. The monoisotopic (exact) mass is 271 g/mol. The lowest BCUT2D eigenvalue weighted by Crippen LogP contribution is -2.36. The van der Waals surface area contributed by atoms with Crippen LogP contribution in [0.4, 0.5) is 5.69 Å². The Kier molecular flexibility index (Phi) is 4.95. The largest absolute Gasteiger partial charge is 0.390 e. The molecule has 1 amide bonds. The molecule has 4 N–H and O–H groups in total. The number of carbonyl (C=O) groups is 1. The summed E-state index contributed by atoms with van der Waals surface area (Å²) < 4.78 is 1.38. The van der Waals surface area contributed by atoms with Crippen LogP contribution in [0.5, 0.6) is 0 Å². The highest BCUT2D eigenvalue weighted by atomic mass is 16.6. The molecule has 1 atom stereocenters. The van der Waals surface area contributed by atoms with E-state index >= 15 is 0 Å². The number of amides is 1. The molecule has 0 aromatic carbocycles. The number of carbonyl (C=O) groups excluding carboxylic acids is 1. The third kappa shape index (κ3) is 4.00. The van der Waals surface area contributed by atoms with Crippen molar-refractivity contribution < 1.29 is 14.8 Å². The second-order valence-electron chi connectivity index (χ2n) is 4.21. The fourth-order valence-corrected chi connectivity index (χ4v) is 1.76. The summed E-state index contributed by atoms with van der Waals surface area (Å²) in [7, 11) is 0. The molecule has 0 aliphatic heterocycles. The van der Waals surface area contributed by atoms with E-state index in [0.29, 0.717) is 11.4 Å². The number of rotatable bonds is 7. The number of nitrogens with one attached hydrogen (secondary N) is 1. The van der Waals surface area contributed by atoms with Gasteiger partial charge in [0.25, 0.3) is 0 Å². The van der Waals surface area contributed by atoms with Crippen molar-refractivity contribution in [1.29, 1.82) is 0 Å². The molecule has 19 heavy (non-hydrogen) atoms. The van der Waals surface area contributed by atoms with Gasteiger partial charge < -0.3 is 16.2 Å². The van der Waals surface area contributed by atoms with Crippen molar-refractivity contribution in [2.24, 2.45) is 5.73 Å². The molecule has 9 heteroatoms. The lowest BCUT2D eigenvalue weighted by molar-refractivity contribution is -0.386. The van der Waals surface area contributed by atoms with Gasteiger partial charge in [0.15, 0.2) is 0 Å². The Morgan fingerprint density at radius 1 is 1.63 bits per heavy atom. The van der Waals surface area contributed by atoms with Crippen molar-refractivity contribution in [2.75, 3.05) is 13.1 Å². The van der Waals surface area contributed by atoms with E-state index in [2.05, 4.69) is 10.4 Å². The molecule has 0 saturated carbocycles. The Labute approximate surface area is 109 Å². The first-order valence-corrected chi connectivity index (χ1v) is 5.68. The lowest BCUT2D eigenvalue weighted by atomic mass is 10.3. The van der Waals surface area contributed by atoms with E-state index in [1.54, 1.807) is 13.8 Å². The van der Waals surface area contributed by atoms with Crippen molar-refractivity contribution in [1.82, 2.24) is 15.1 Å². The van der Waals surface area contributed by atoms with Crippen molar-refractivity contribution in [2.45, 2.75) is 26.5 Å². The van der Waals surface area contributed by atoms with E-state index in [1.807, 2.05) is 0 Å². The SMILES string of the molecule is Cc1nn(CC(O)CNCC(N)=O)c(C)c1[N+](=O)[O-]. The van der Waals surface area contributed by atoms with E-state index in [4.69, 9.17) is 5.73 Å². The number of aliphatic hydroxyl groups excluding tert-OH is 1. The second-order valence-corrected chi connectivity index (χ2v) is 4.21. The quantitative estimate of drug-likeness (QED) is 0.423. The predicted octanol–water partition coefficient (Wildman–Crippen LogP) is -1.16. The predicted molar refractivity (Wildman–Crippen MR) is 66.4 cm³/mol.